The standard InChI is InChI=1S/C22H28N2O2S/c1-14-6-8-17(9-7-14)21-20(25)22(26)24(11-10-23(4)5)18-12-15(2)16(3)13-19(18)27-21/h6-9,12-13,20-21,25H,10-11H2,1-5H3/t20-,21+/m0/s1. The number of hydrogen-bond donors (Lipinski definition) is 1. The van der Waals surface area contributed by atoms with E-state index in [9.17, 15) is 9.90 Å². The van der Waals surface area contributed by atoms with Crippen LogP contribution < -0.4 is 4.90 Å². The van der Waals surface area contributed by atoms with Crippen LogP contribution in [-0.2, 0) is 4.79 Å². The third-order valence-electron chi connectivity index (χ3n) is 5.10. The molecule has 1 heterocycles. The lowest BCUT2D eigenvalue weighted by molar-refractivity contribution is -0.126. The maximum Gasteiger partial charge on any atom is 0.257 e. The SMILES string of the molecule is Cc1ccc([C@H]2Sc3cc(C)c(C)cc3N(CCN(C)C)C(=O)[C@H]2O)cc1. The molecule has 3 rings (SSSR count). The molecule has 1 aliphatic rings. The molecule has 1 amide bonds. The molecule has 0 aromatic heterocycles. The average molecular weight is 385 g/mol. The zero-order valence-electron chi connectivity index (χ0n) is 16.7. The van der Waals surface area contributed by atoms with E-state index in [1.165, 1.54) is 5.56 Å². The smallest absolute Gasteiger partial charge is 0.257 e. The molecule has 0 fully saturated rings. The number of rotatable bonds is 4. The number of likely N-dealkylation sites (N-methyl/N-ethyl adjacent to an activating group) is 1. The summed E-state index contributed by atoms with van der Waals surface area (Å²) in [4.78, 5) is 18.1. The van der Waals surface area contributed by atoms with Crippen LogP contribution in [0.4, 0.5) is 5.69 Å². The van der Waals surface area contributed by atoms with Crippen molar-refractivity contribution in [3.8, 4) is 0 Å². The largest absolute Gasteiger partial charge is 0.382 e. The predicted molar refractivity (Wildman–Crippen MR) is 113 cm³/mol. The van der Waals surface area contributed by atoms with E-state index in [1.807, 2.05) is 45.3 Å². The van der Waals surface area contributed by atoms with Gasteiger partial charge in [0, 0.05) is 18.0 Å². The Labute approximate surface area is 166 Å². The first-order valence-corrected chi connectivity index (χ1v) is 10.1. The van der Waals surface area contributed by atoms with Crippen molar-refractivity contribution in [2.75, 3.05) is 32.1 Å². The van der Waals surface area contributed by atoms with Crippen molar-refractivity contribution in [2.24, 2.45) is 0 Å². The fourth-order valence-corrected chi connectivity index (χ4v) is 4.57. The van der Waals surface area contributed by atoms with E-state index in [0.717, 1.165) is 33.8 Å². The summed E-state index contributed by atoms with van der Waals surface area (Å²) < 4.78 is 0. The van der Waals surface area contributed by atoms with Gasteiger partial charge in [-0.1, -0.05) is 29.8 Å². The van der Waals surface area contributed by atoms with Gasteiger partial charge in [-0.05, 0) is 63.7 Å². The highest BCUT2D eigenvalue weighted by molar-refractivity contribution is 7.99. The van der Waals surface area contributed by atoms with E-state index in [0.29, 0.717) is 6.54 Å². The summed E-state index contributed by atoms with van der Waals surface area (Å²) >= 11 is 1.58. The molecule has 0 spiro atoms. The highest BCUT2D eigenvalue weighted by atomic mass is 32.2. The van der Waals surface area contributed by atoms with Crippen LogP contribution in [0.1, 0.15) is 27.5 Å². The van der Waals surface area contributed by atoms with E-state index in [4.69, 9.17) is 0 Å². The van der Waals surface area contributed by atoms with Crippen LogP contribution in [0.5, 0.6) is 0 Å². The van der Waals surface area contributed by atoms with Crippen molar-refractivity contribution < 1.29 is 9.90 Å². The number of hydrogen-bond acceptors (Lipinski definition) is 4. The number of aliphatic hydroxyl groups is 1. The molecular weight excluding hydrogens is 356 g/mol. The number of aliphatic hydroxyl groups excluding tert-OH is 1. The Morgan fingerprint density at radius 2 is 1.70 bits per heavy atom. The lowest BCUT2D eigenvalue weighted by atomic mass is 10.0. The van der Waals surface area contributed by atoms with Crippen molar-refractivity contribution in [1.82, 2.24) is 4.90 Å². The molecule has 0 saturated heterocycles. The Morgan fingerprint density at radius 3 is 2.33 bits per heavy atom. The first-order valence-electron chi connectivity index (χ1n) is 9.26. The van der Waals surface area contributed by atoms with Crippen molar-refractivity contribution in [3.05, 3.63) is 58.7 Å². The molecule has 1 N–H and O–H groups in total. The summed E-state index contributed by atoms with van der Waals surface area (Å²) in [5.41, 5.74) is 5.40. The fraction of sp³-hybridized carbons (Fsp3) is 0.409. The molecule has 5 heteroatoms. The first-order chi connectivity index (χ1) is 12.8. The summed E-state index contributed by atoms with van der Waals surface area (Å²) in [7, 11) is 3.98. The molecular formula is C22H28N2O2S. The zero-order chi connectivity index (χ0) is 19.7. The lowest BCUT2D eigenvalue weighted by Crippen LogP contribution is -2.43. The average Bonchev–Trinajstić information content (AvgIpc) is 2.71. The van der Waals surface area contributed by atoms with Crippen molar-refractivity contribution in [1.29, 1.82) is 0 Å². The topological polar surface area (TPSA) is 43.8 Å². The number of aryl methyl sites for hydroxylation is 3. The minimum atomic E-state index is -1.08. The molecule has 2 aromatic carbocycles. The van der Waals surface area contributed by atoms with E-state index in [2.05, 4.69) is 30.9 Å². The van der Waals surface area contributed by atoms with Crippen LogP contribution in [0.2, 0.25) is 0 Å². The summed E-state index contributed by atoms with van der Waals surface area (Å²) in [6.07, 6.45) is -1.08. The highest BCUT2D eigenvalue weighted by Crippen LogP contribution is 2.46. The Bertz CT molecular complexity index is 833. The maximum atomic E-state index is 13.2. The Morgan fingerprint density at radius 1 is 1.07 bits per heavy atom. The monoisotopic (exact) mass is 384 g/mol. The van der Waals surface area contributed by atoms with E-state index in [1.54, 1.807) is 16.7 Å². The van der Waals surface area contributed by atoms with Gasteiger partial charge in [0.1, 0.15) is 6.10 Å². The molecule has 27 heavy (non-hydrogen) atoms. The van der Waals surface area contributed by atoms with Gasteiger partial charge in [0.25, 0.3) is 5.91 Å². The molecule has 2 atom stereocenters. The first kappa shape index (κ1) is 19.9. The second kappa shape index (κ2) is 8.05. The molecule has 0 aliphatic carbocycles. The number of benzene rings is 2. The third-order valence-corrected chi connectivity index (χ3v) is 6.47. The fourth-order valence-electron chi connectivity index (χ4n) is 3.23. The van der Waals surface area contributed by atoms with Crippen molar-refractivity contribution in [3.63, 3.8) is 0 Å². The van der Waals surface area contributed by atoms with Gasteiger partial charge in [0.2, 0.25) is 0 Å². The van der Waals surface area contributed by atoms with Gasteiger partial charge in [-0.2, -0.15) is 0 Å². The number of carbonyl (C=O) groups is 1. The number of amides is 1. The van der Waals surface area contributed by atoms with Crippen LogP contribution in [0.25, 0.3) is 0 Å². The van der Waals surface area contributed by atoms with Crippen LogP contribution in [0.3, 0.4) is 0 Å². The van der Waals surface area contributed by atoms with Crippen LogP contribution >= 0.6 is 11.8 Å². The van der Waals surface area contributed by atoms with Crippen LogP contribution in [0, 0.1) is 20.8 Å². The van der Waals surface area contributed by atoms with Gasteiger partial charge in [-0.3, -0.25) is 4.79 Å². The number of carbonyl (C=O) groups excluding carboxylic acids is 1. The van der Waals surface area contributed by atoms with Gasteiger partial charge in [0.15, 0.2) is 0 Å². The highest BCUT2D eigenvalue weighted by Gasteiger charge is 2.37. The van der Waals surface area contributed by atoms with Gasteiger partial charge in [0.05, 0.1) is 10.9 Å². The molecule has 0 bridgehead atoms. The molecule has 144 valence electrons. The quantitative estimate of drug-likeness (QED) is 0.873. The summed E-state index contributed by atoms with van der Waals surface area (Å²) in [5.74, 6) is -0.225. The van der Waals surface area contributed by atoms with Gasteiger partial charge >= 0.3 is 0 Å². The normalized spacial score (nSPS) is 20.0. The van der Waals surface area contributed by atoms with E-state index in [-0.39, 0.29) is 11.2 Å². The second-order valence-corrected chi connectivity index (χ2v) is 8.77. The summed E-state index contributed by atoms with van der Waals surface area (Å²) in [6.45, 7) is 7.48. The van der Waals surface area contributed by atoms with Crippen molar-refractivity contribution in [2.45, 2.75) is 37.0 Å². The minimum Gasteiger partial charge on any atom is -0.382 e. The molecule has 0 radical (unpaired) electrons. The predicted octanol–water partition coefficient (Wildman–Crippen LogP) is 3.71. The number of anilines is 1. The minimum absolute atomic E-state index is 0.225. The van der Waals surface area contributed by atoms with Crippen molar-refractivity contribution >= 4 is 23.4 Å². The molecule has 1 aliphatic heterocycles. The maximum absolute atomic E-state index is 13.2. The van der Waals surface area contributed by atoms with E-state index < -0.39 is 6.10 Å². The molecule has 0 unspecified atom stereocenters. The van der Waals surface area contributed by atoms with Gasteiger partial charge in [-0.25, -0.2) is 0 Å². The van der Waals surface area contributed by atoms with Gasteiger partial charge < -0.3 is 14.9 Å². The summed E-state index contributed by atoms with van der Waals surface area (Å²) in [5, 5.41) is 10.6. The van der Waals surface area contributed by atoms with Crippen LogP contribution in [-0.4, -0.2) is 49.2 Å². The Balaban J connectivity index is 2.07. The Kier molecular flexibility index (Phi) is 5.94. The molecule has 2 aromatic rings. The molecule has 0 saturated carbocycles. The number of fused-ring (bicyclic) bond motifs is 1. The number of thioether (sulfide) groups is 1. The number of nitrogens with zero attached hydrogens (tertiary/aromatic N) is 2. The Hall–Kier alpha value is -1.82. The molecule has 4 nitrogen and oxygen atoms in total. The van der Waals surface area contributed by atoms with Crippen LogP contribution in [0.15, 0.2) is 41.3 Å². The third kappa shape index (κ3) is 4.21. The van der Waals surface area contributed by atoms with Gasteiger partial charge in [-0.15, -0.1) is 11.8 Å². The summed E-state index contributed by atoms with van der Waals surface area (Å²) in [6, 6.07) is 12.3. The second-order valence-electron chi connectivity index (χ2n) is 7.59. The van der Waals surface area contributed by atoms with E-state index >= 15 is 0 Å². The zero-order valence-corrected chi connectivity index (χ0v) is 17.5. The lowest BCUT2D eigenvalue weighted by Gasteiger charge is -2.26.